The number of thiazole rings is 1. The van der Waals surface area contributed by atoms with Crippen LogP contribution >= 0.6 is 11.3 Å². The van der Waals surface area contributed by atoms with Gasteiger partial charge in [0.25, 0.3) is 5.91 Å². The lowest BCUT2D eigenvalue weighted by Crippen LogP contribution is -2.43. The van der Waals surface area contributed by atoms with Gasteiger partial charge in [-0.3, -0.25) is 9.69 Å². The van der Waals surface area contributed by atoms with Crippen LogP contribution in [0.2, 0.25) is 0 Å². The molecule has 1 aliphatic heterocycles. The number of ether oxygens (including phenoxy) is 1. The number of rotatable bonds is 6. The van der Waals surface area contributed by atoms with Crippen LogP contribution in [0.15, 0.2) is 36.5 Å². The molecule has 1 saturated heterocycles. The normalized spacial score (nSPS) is 16.5. The summed E-state index contributed by atoms with van der Waals surface area (Å²) < 4.78 is 5.45. The molecule has 1 aromatic heterocycles. The van der Waals surface area contributed by atoms with E-state index in [2.05, 4.69) is 32.7 Å². The number of benzene rings is 1. The van der Waals surface area contributed by atoms with Gasteiger partial charge in [-0.15, -0.1) is 0 Å². The maximum atomic E-state index is 12.4. The summed E-state index contributed by atoms with van der Waals surface area (Å²) in [6.07, 6.45) is 1.61. The van der Waals surface area contributed by atoms with Crippen LogP contribution in [0.4, 0.5) is 5.13 Å². The van der Waals surface area contributed by atoms with Gasteiger partial charge in [0.1, 0.15) is 4.88 Å². The zero-order valence-electron chi connectivity index (χ0n) is 13.7. The number of carbonyl (C=O) groups is 1. The molecule has 0 aliphatic carbocycles. The highest BCUT2D eigenvalue weighted by atomic mass is 32.1. The van der Waals surface area contributed by atoms with Gasteiger partial charge in [0.2, 0.25) is 0 Å². The summed E-state index contributed by atoms with van der Waals surface area (Å²) >= 11 is 1.36. The number of hydrogen-bond acceptors (Lipinski definition) is 6. The highest BCUT2D eigenvalue weighted by molar-refractivity contribution is 7.17. The van der Waals surface area contributed by atoms with E-state index in [9.17, 15) is 4.79 Å². The molecule has 2 heterocycles. The van der Waals surface area contributed by atoms with Crippen LogP contribution in [0, 0.1) is 0 Å². The second-order valence-electron chi connectivity index (χ2n) is 5.56. The van der Waals surface area contributed by atoms with Crippen molar-refractivity contribution in [2.45, 2.75) is 6.04 Å². The number of nitrogens with one attached hydrogen (secondary N) is 2. The predicted octanol–water partition coefficient (Wildman–Crippen LogP) is 1.99. The molecule has 24 heavy (non-hydrogen) atoms. The minimum atomic E-state index is -0.0804. The average molecular weight is 346 g/mol. The van der Waals surface area contributed by atoms with Crippen LogP contribution in [-0.4, -0.2) is 55.7 Å². The van der Waals surface area contributed by atoms with Crippen molar-refractivity contribution in [3.8, 4) is 0 Å². The van der Waals surface area contributed by atoms with Gasteiger partial charge in [-0.1, -0.05) is 41.7 Å². The minimum absolute atomic E-state index is 0.0804. The fourth-order valence-electron chi connectivity index (χ4n) is 2.79. The van der Waals surface area contributed by atoms with Gasteiger partial charge in [0.05, 0.1) is 25.5 Å². The Balaban J connectivity index is 1.68. The van der Waals surface area contributed by atoms with Crippen molar-refractivity contribution in [1.82, 2.24) is 15.2 Å². The smallest absolute Gasteiger partial charge is 0.263 e. The number of hydrogen-bond donors (Lipinski definition) is 2. The summed E-state index contributed by atoms with van der Waals surface area (Å²) in [4.78, 5) is 19.5. The Bertz CT molecular complexity index is 656. The number of anilines is 1. The monoisotopic (exact) mass is 346 g/mol. The quantitative estimate of drug-likeness (QED) is 0.837. The van der Waals surface area contributed by atoms with E-state index in [0.717, 1.165) is 31.4 Å². The van der Waals surface area contributed by atoms with E-state index in [0.29, 0.717) is 11.4 Å². The third-order valence-corrected chi connectivity index (χ3v) is 5.08. The van der Waals surface area contributed by atoms with Gasteiger partial charge >= 0.3 is 0 Å². The molecule has 0 radical (unpaired) electrons. The number of carbonyl (C=O) groups excluding carboxylic acids is 1. The highest BCUT2D eigenvalue weighted by Gasteiger charge is 2.23. The topological polar surface area (TPSA) is 66.5 Å². The molecule has 3 rings (SSSR count). The van der Waals surface area contributed by atoms with Gasteiger partial charge in [-0.25, -0.2) is 4.98 Å². The first-order valence-corrected chi connectivity index (χ1v) is 8.88. The molecular weight excluding hydrogens is 324 g/mol. The summed E-state index contributed by atoms with van der Waals surface area (Å²) in [7, 11) is 1.80. The SMILES string of the molecule is CNc1ncc(C(=O)NC[C@@H](c2ccccc2)N2CCOCC2)s1. The lowest BCUT2D eigenvalue weighted by molar-refractivity contribution is 0.0162. The van der Waals surface area contributed by atoms with Gasteiger partial charge in [0.15, 0.2) is 5.13 Å². The molecule has 2 aromatic rings. The molecule has 0 spiro atoms. The van der Waals surface area contributed by atoms with Crippen LogP contribution in [0.25, 0.3) is 0 Å². The van der Waals surface area contributed by atoms with Crippen molar-refractivity contribution in [1.29, 1.82) is 0 Å². The Labute approximate surface area is 145 Å². The third kappa shape index (κ3) is 4.11. The van der Waals surface area contributed by atoms with Crippen molar-refractivity contribution in [2.24, 2.45) is 0 Å². The van der Waals surface area contributed by atoms with Gasteiger partial charge in [-0.2, -0.15) is 0 Å². The van der Waals surface area contributed by atoms with Crippen LogP contribution in [0.1, 0.15) is 21.3 Å². The first-order valence-electron chi connectivity index (χ1n) is 8.06. The summed E-state index contributed by atoms with van der Waals surface area (Å²) in [5.41, 5.74) is 1.21. The molecule has 7 heteroatoms. The fraction of sp³-hybridized carbons (Fsp3) is 0.412. The molecule has 1 atom stereocenters. The molecule has 128 valence electrons. The van der Waals surface area contributed by atoms with Crippen LogP contribution in [0.3, 0.4) is 0 Å². The molecule has 0 unspecified atom stereocenters. The predicted molar refractivity (Wildman–Crippen MR) is 95.6 cm³/mol. The van der Waals surface area contributed by atoms with Crippen molar-refractivity contribution in [3.63, 3.8) is 0 Å². The Morgan fingerprint density at radius 3 is 2.75 bits per heavy atom. The van der Waals surface area contributed by atoms with Crippen molar-refractivity contribution in [2.75, 3.05) is 45.2 Å². The number of nitrogens with zero attached hydrogens (tertiary/aromatic N) is 2. The second-order valence-corrected chi connectivity index (χ2v) is 6.60. The maximum absolute atomic E-state index is 12.4. The zero-order valence-corrected chi connectivity index (χ0v) is 14.5. The molecule has 1 amide bonds. The molecule has 2 N–H and O–H groups in total. The largest absolute Gasteiger partial charge is 0.379 e. The molecule has 6 nitrogen and oxygen atoms in total. The van der Waals surface area contributed by atoms with E-state index in [1.165, 1.54) is 16.9 Å². The molecule has 1 aromatic carbocycles. The van der Waals surface area contributed by atoms with E-state index in [1.807, 2.05) is 18.2 Å². The molecule has 1 fully saturated rings. The van der Waals surface area contributed by atoms with E-state index >= 15 is 0 Å². The van der Waals surface area contributed by atoms with Crippen LogP contribution in [0.5, 0.6) is 0 Å². The summed E-state index contributed by atoms with van der Waals surface area (Å²) in [6.45, 7) is 3.78. The van der Waals surface area contributed by atoms with E-state index < -0.39 is 0 Å². The Kier molecular flexibility index (Phi) is 5.79. The van der Waals surface area contributed by atoms with Gasteiger partial charge in [-0.05, 0) is 5.56 Å². The summed E-state index contributed by atoms with van der Waals surface area (Å²) in [5.74, 6) is -0.0804. The van der Waals surface area contributed by atoms with Crippen LogP contribution < -0.4 is 10.6 Å². The molecule has 0 saturated carbocycles. The lowest BCUT2D eigenvalue weighted by Gasteiger charge is -2.34. The zero-order chi connectivity index (χ0) is 16.8. The molecule has 1 aliphatic rings. The number of aromatic nitrogens is 1. The number of amides is 1. The number of morpholine rings is 1. The first kappa shape index (κ1) is 16.9. The van der Waals surface area contributed by atoms with Gasteiger partial charge in [0, 0.05) is 26.7 Å². The molecular formula is C17H22N4O2S. The van der Waals surface area contributed by atoms with Gasteiger partial charge < -0.3 is 15.4 Å². The first-order chi connectivity index (χ1) is 11.8. The molecule has 0 bridgehead atoms. The Morgan fingerprint density at radius 2 is 2.08 bits per heavy atom. The lowest BCUT2D eigenvalue weighted by atomic mass is 10.0. The third-order valence-electron chi connectivity index (χ3n) is 4.07. The van der Waals surface area contributed by atoms with Crippen molar-refractivity contribution >= 4 is 22.4 Å². The average Bonchev–Trinajstić information content (AvgIpc) is 3.13. The van der Waals surface area contributed by atoms with Crippen molar-refractivity contribution < 1.29 is 9.53 Å². The second kappa shape index (κ2) is 8.23. The Hall–Kier alpha value is -1.96. The minimum Gasteiger partial charge on any atom is -0.379 e. The summed E-state index contributed by atoms with van der Waals surface area (Å²) in [6, 6.07) is 10.4. The van der Waals surface area contributed by atoms with E-state index in [1.54, 1.807) is 13.2 Å². The maximum Gasteiger partial charge on any atom is 0.263 e. The summed E-state index contributed by atoms with van der Waals surface area (Å²) in [5, 5.41) is 6.75. The fourth-order valence-corrected chi connectivity index (χ4v) is 3.48. The highest BCUT2D eigenvalue weighted by Crippen LogP contribution is 2.22. The van der Waals surface area contributed by atoms with E-state index in [-0.39, 0.29) is 11.9 Å². The van der Waals surface area contributed by atoms with Crippen LogP contribution in [-0.2, 0) is 4.74 Å². The van der Waals surface area contributed by atoms with E-state index in [4.69, 9.17) is 4.74 Å². The standard InChI is InChI=1S/C17H22N4O2S/c1-18-17-20-12-15(24-17)16(22)19-11-14(13-5-3-2-4-6-13)21-7-9-23-10-8-21/h2-6,12,14H,7-11H2,1H3,(H,18,20)(H,19,22)/t14-/m0/s1. The Morgan fingerprint density at radius 1 is 1.33 bits per heavy atom. The van der Waals surface area contributed by atoms with Crippen molar-refractivity contribution in [3.05, 3.63) is 47.0 Å².